The molecule has 2 saturated carbocycles. The fourth-order valence-electron chi connectivity index (χ4n) is 8.08. The molecule has 3 aliphatic carbocycles. The normalized spacial score (nSPS) is 43.5. The zero-order chi connectivity index (χ0) is 29.5. The molecule has 0 aromatic heterocycles. The van der Waals surface area contributed by atoms with Gasteiger partial charge in [0.15, 0.2) is 17.5 Å². The number of likely N-dealkylation sites (N-methyl/N-ethyl adjacent to an activating group) is 1. The molecular weight excluding hydrogens is 522 g/mol. The minimum absolute atomic E-state index is 0. The average molecular weight is 570 g/mol. The summed E-state index contributed by atoms with van der Waals surface area (Å²) in [6, 6.07) is -0.603. The van der Waals surface area contributed by atoms with E-state index >= 15 is 0 Å². The van der Waals surface area contributed by atoms with Gasteiger partial charge in [-0.05, 0) is 44.9 Å². The van der Waals surface area contributed by atoms with Crippen molar-refractivity contribution >= 4 is 17.7 Å². The highest BCUT2D eigenvalue weighted by Gasteiger charge is 2.75. The second kappa shape index (κ2) is 10.4. The van der Waals surface area contributed by atoms with Gasteiger partial charge in [0.25, 0.3) is 0 Å². The third-order valence-corrected chi connectivity index (χ3v) is 10.6. The number of hydrogen-bond acceptors (Lipinski definition) is 11. The predicted octanol–water partition coefficient (Wildman–Crippen LogP) is 0.648. The number of ketones is 1. The van der Waals surface area contributed by atoms with E-state index in [0.29, 0.717) is 5.57 Å². The first-order valence-electron chi connectivity index (χ1n) is 13.6. The van der Waals surface area contributed by atoms with Crippen LogP contribution in [0.25, 0.3) is 0 Å². The Hall–Kier alpha value is -1.89. The van der Waals surface area contributed by atoms with E-state index in [4.69, 9.17) is 14.2 Å². The van der Waals surface area contributed by atoms with E-state index in [-0.39, 0.29) is 32.4 Å². The predicted molar refractivity (Wildman–Crippen MR) is 144 cm³/mol. The summed E-state index contributed by atoms with van der Waals surface area (Å²) in [5.41, 5.74) is -5.17. The molecule has 1 heterocycles. The molecule has 0 aromatic carbocycles. The van der Waals surface area contributed by atoms with E-state index in [1.165, 1.54) is 6.92 Å². The molecule has 11 atom stereocenters. The standard InChI is InChI=1S/C28H43NO10.CH4/c1-12-16(38-24(35)20(32)14(3)29-8)10-28(36)13(2)22-26(7,23(34)21(33)19(12)25(28,5)6)17(31)9-18-27(22,11-37-18)39-15(4)30;/h13-14,16-18,20-22,29,31-33,36H,9-11H2,1-8H3;1H4/t13-,14?,16?,17?,18?,20?,21?,22?,26+,27-,28?;/m0./s1. The molecule has 0 spiro atoms. The van der Waals surface area contributed by atoms with Crippen LogP contribution in [0.2, 0.25) is 0 Å². The summed E-state index contributed by atoms with van der Waals surface area (Å²) in [5, 5.41) is 48.9. The lowest BCUT2D eigenvalue weighted by atomic mass is 9.42. The number of aliphatic hydroxyl groups excluding tert-OH is 3. The Morgan fingerprint density at radius 2 is 1.80 bits per heavy atom. The van der Waals surface area contributed by atoms with Gasteiger partial charge >= 0.3 is 11.9 Å². The first-order valence-corrected chi connectivity index (χ1v) is 13.6. The van der Waals surface area contributed by atoms with Crippen molar-refractivity contribution in [3.05, 3.63) is 11.1 Å². The molecule has 1 saturated heterocycles. The maximum atomic E-state index is 14.3. The van der Waals surface area contributed by atoms with Gasteiger partial charge in [-0.15, -0.1) is 0 Å². The van der Waals surface area contributed by atoms with Crippen molar-refractivity contribution < 1.29 is 49.0 Å². The first-order chi connectivity index (χ1) is 17.9. The minimum atomic E-state index is -1.74. The van der Waals surface area contributed by atoms with E-state index in [2.05, 4.69) is 5.32 Å². The van der Waals surface area contributed by atoms with Crippen LogP contribution in [0, 0.1) is 22.7 Å². The first kappa shape index (κ1) is 32.6. The highest BCUT2D eigenvalue weighted by atomic mass is 16.6. The lowest BCUT2D eigenvalue weighted by Crippen LogP contribution is -2.79. The van der Waals surface area contributed by atoms with Gasteiger partial charge in [0.05, 0.1) is 23.7 Å². The number of rotatable bonds is 5. The number of ether oxygens (including phenoxy) is 3. The maximum absolute atomic E-state index is 14.3. The highest BCUT2D eigenvalue weighted by Crippen LogP contribution is 2.65. The third-order valence-electron chi connectivity index (χ3n) is 10.6. The number of aliphatic hydroxyl groups is 4. The summed E-state index contributed by atoms with van der Waals surface area (Å²) in [5.74, 6) is -3.90. The highest BCUT2D eigenvalue weighted by molar-refractivity contribution is 5.93. The van der Waals surface area contributed by atoms with Gasteiger partial charge in [0.2, 0.25) is 0 Å². The molecule has 2 bridgehead atoms. The minimum Gasteiger partial charge on any atom is -0.456 e. The van der Waals surface area contributed by atoms with Crippen LogP contribution in [0.4, 0.5) is 0 Å². The van der Waals surface area contributed by atoms with Crippen molar-refractivity contribution in [3.8, 4) is 0 Å². The van der Waals surface area contributed by atoms with Crippen LogP contribution in [0.15, 0.2) is 11.1 Å². The fourth-order valence-corrected chi connectivity index (χ4v) is 8.08. The van der Waals surface area contributed by atoms with E-state index in [1.807, 2.05) is 0 Å². The van der Waals surface area contributed by atoms with Gasteiger partial charge in [-0.25, -0.2) is 4.79 Å². The Morgan fingerprint density at radius 3 is 2.30 bits per heavy atom. The van der Waals surface area contributed by atoms with Gasteiger partial charge in [-0.3, -0.25) is 9.59 Å². The zero-order valence-electron chi connectivity index (χ0n) is 24.0. The van der Waals surface area contributed by atoms with Gasteiger partial charge in [-0.2, -0.15) is 0 Å². The van der Waals surface area contributed by atoms with E-state index in [0.717, 1.165) is 0 Å². The second-order valence-electron chi connectivity index (χ2n) is 12.7. The molecule has 0 radical (unpaired) electrons. The van der Waals surface area contributed by atoms with Gasteiger partial charge in [0, 0.05) is 37.1 Å². The molecule has 8 unspecified atom stereocenters. The molecule has 4 rings (SSSR count). The molecule has 3 fully saturated rings. The number of carbonyl (C=O) groups excluding carboxylic acids is 3. The Morgan fingerprint density at radius 1 is 1.20 bits per heavy atom. The maximum Gasteiger partial charge on any atom is 0.337 e. The second-order valence-corrected chi connectivity index (χ2v) is 12.7. The van der Waals surface area contributed by atoms with Crippen molar-refractivity contribution in [1.29, 1.82) is 0 Å². The molecule has 11 nitrogen and oxygen atoms in total. The van der Waals surface area contributed by atoms with Crippen LogP contribution in [0.5, 0.6) is 0 Å². The van der Waals surface area contributed by atoms with Crippen LogP contribution >= 0.6 is 0 Å². The van der Waals surface area contributed by atoms with Gasteiger partial charge < -0.3 is 40.0 Å². The molecule has 11 heteroatoms. The molecular formula is C29H47NO10. The largest absolute Gasteiger partial charge is 0.456 e. The number of fused-ring (bicyclic) bond motifs is 5. The lowest BCUT2D eigenvalue weighted by Gasteiger charge is -2.68. The number of nitrogens with one attached hydrogen (secondary N) is 1. The molecule has 40 heavy (non-hydrogen) atoms. The molecule has 1 aliphatic heterocycles. The molecule has 5 N–H and O–H groups in total. The summed E-state index contributed by atoms with van der Waals surface area (Å²) in [4.78, 5) is 39.4. The molecule has 0 amide bonds. The van der Waals surface area contributed by atoms with Crippen LogP contribution in [-0.2, 0) is 28.6 Å². The monoisotopic (exact) mass is 569 g/mol. The van der Waals surface area contributed by atoms with Crippen LogP contribution in [-0.4, -0.2) is 99.6 Å². The third kappa shape index (κ3) is 4.19. The van der Waals surface area contributed by atoms with E-state index in [1.54, 1.807) is 48.6 Å². The van der Waals surface area contributed by atoms with Crippen LogP contribution in [0.3, 0.4) is 0 Å². The summed E-state index contributed by atoms with van der Waals surface area (Å²) < 4.78 is 17.3. The fraction of sp³-hybridized carbons (Fsp3) is 0.828. The summed E-state index contributed by atoms with van der Waals surface area (Å²) in [6.07, 6.45) is -6.29. The van der Waals surface area contributed by atoms with Crippen molar-refractivity contribution in [3.63, 3.8) is 0 Å². The molecule has 0 aromatic rings. The van der Waals surface area contributed by atoms with Crippen molar-refractivity contribution in [1.82, 2.24) is 5.32 Å². The van der Waals surface area contributed by atoms with E-state index < -0.39 is 88.2 Å². The van der Waals surface area contributed by atoms with Crippen molar-refractivity contribution in [2.75, 3.05) is 13.7 Å². The smallest absolute Gasteiger partial charge is 0.337 e. The Balaban J connectivity index is 0.00000441. The molecule has 228 valence electrons. The quantitative estimate of drug-likeness (QED) is 0.232. The number of esters is 2. The topological polar surface area (TPSA) is 172 Å². The number of carbonyl (C=O) groups is 3. The SMILES string of the molecule is C.CNC(C)C(O)C(=O)OC1CC2(O)[C@@H](C)C3[C@]4(OC(C)=O)COC4CC(O)[C@@]3(C)C(=O)C(O)C(=C1C)C2(C)C. The lowest BCUT2D eigenvalue weighted by molar-refractivity contribution is -0.338. The van der Waals surface area contributed by atoms with E-state index in [9.17, 15) is 34.8 Å². The van der Waals surface area contributed by atoms with Crippen LogP contribution < -0.4 is 5.32 Å². The molecule has 4 aliphatic rings. The number of Topliss-reactive ketones (excluding diaryl/α,β-unsaturated/α-hetero) is 1. The summed E-state index contributed by atoms with van der Waals surface area (Å²) in [6.45, 7) is 11.2. The Bertz CT molecular complexity index is 1090. The number of hydrogen-bond donors (Lipinski definition) is 5. The average Bonchev–Trinajstić information content (AvgIpc) is 2.85. The van der Waals surface area contributed by atoms with Crippen molar-refractivity contribution in [2.24, 2.45) is 22.7 Å². The summed E-state index contributed by atoms with van der Waals surface area (Å²) >= 11 is 0. The van der Waals surface area contributed by atoms with Crippen LogP contribution in [0.1, 0.15) is 68.7 Å². The van der Waals surface area contributed by atoms with Gasteiger partial charge in [0.1, 0.15) is 18.3 Å². The van der Waals surface area contributed by atoms with Gasteiger partial charge in [-0.1, -0.05) is 28.2 Å². The summed E-state index contributed by atoms with van der Waals surface area (Å²) in [7, 11) is 1.59. The zero-order valence-corrected chi connectivity index (χ0v) is 24.0. The van der Waals surface area contributed by atoms with Crippen molar-refractivity contribution in [2.45, 2.75) is 116 Å². The Labute approximate surface area is 236 Å². The Kier molecular flexibility index (Phi) is 8.51.